The molecule has 0 spiro atoms. The lowest BCUT2D eigenvalue weighted by Gasteiger charge is -2.18. The predicted octanol–water partition coefficient (Wildman–Crippen LogP) is 3.38. The van der Waals surface area contributed by atoms with Crippen LogP contribution in [0.2, 0.25) is 0 Å². The van der Waals surface area contributed by atoms with Gasteiger partial charge in [0.05, 0.1) is 29.0 Å². The first-order valence-electron chi connectivity index (χ1n) is 9.58. The molecule has 0 unspecified atom stereocenters. The molecule has 10 heteroatoms. The molecule has 4 aromatic rings. The SMILES string of the molecule is COc1c(Nc2nc3ccc(N)cc3[nH]2)c(F)cc2c(=O)c(C(=O)O)cn(C3CC3)c12. The second kappa shape index (κ2) is 6.73. The monoisotopic (exact) mass is 423 g/mol. The smallest absolute Gasteiger partial charge is 0.341 e. The van der Waals surface area contributed by atoms with Crippen molar-refractivity contribution in [1.29, 1.82) is 0 Å². The quantitative estimate of drug-likeness (QED) is 0.361. The summed E-state index contributed by atoms with van der Waals surface area (Å²) in [6.07, 6.45) is 2.95. The summed E-state index contributed by atoms with van der Waals surface area (Å²) in [7, 11) is 1.37. The van der Waals surface area contributed by atoms with Crippen molar-refractivity contribution in [3.63, 3.8) is 0 Å². The molecule has 9 nitrogen and oxygen atoms in total. The second-order valence-electron chi connectivity index (χ2n) is 7.47. The molecule has 0 bridgehead atoms. The van der Waals surface area contributed by atoms with Crippen molar-refractivity contribution in [2.24, 2.45) is 0 Å². The number of aromatic nitrogens is 3. The summed E-state index contributed by atoms with van der Waals surface area (Å²) >= 11 is 0. The highest BCUT2D eigenvalue weighted by atomic mass is 19.1. The lowest BCUT2D eigenvalue weighted by Crippen LogP contribution is -2.19. The summed E-state index contributed by atoms with van der Waals surface area (Å²) in [6.45, 7) is 0. The van der Waals surface area contributed by atoms with E-state index in [2.05, 4.69) is 15.3 Å². The van der Waals surface area contributed by atoms with Crippen LogP contribution in [-0.2, 0) is 0 Å². The van der Waals surface area contributed by atoms with Gasteiger partial charge in [-0.25, -0.2) is 14.2 Å². The van der Waals surface area contributed by atoms with Crippen LogP contribution >= 0.6 is 0 Å². The first-order chi connectivity index (χ1) is 14.9. The molecule has 1 aliphatic carbocycles. The number of ether oxygens (including phenoxy) is 1. The molecular weight excluding hydrogens is 405 g/mol. The number of benzene rings is 2. The Labute approximate surface area is 174 Å². The lowest BCUT2D eigenvalue weighted by atomic mass is 10.1. The van der Waals surface area contributed by atoms with Crippen LogP contribution in [0.3, 0.4) is 0 Å². The average Bonchev–Trinajstić information content (AvgIpc) is 3.49. The highest BCUT2D eigenvalue weighted by Crippen LogP contribution is 2.43. The fourth-order valence-corrected chi connectivity index (χ4v) is 3.77. The Hall–Kier alpha value is -4.08. The minimum atomic E-state index is -1.36. The van der Waals surface area contributed by atoms with Gasteiger partial charge in [-0.2, -0.15) is 0 Å². The number of hydrogen-bond donors (Lipinski definition) is 4. The largest absolute Gasteiger partial charge is 0.492 e. The molecule has 2 heterocycles. The van der Waals surface area contributed by atoms with E-state index < -0.39 is 22.8 Å². The van der Waals surface area contributed by atoms with Gasteiger partial charge in [-0.15, -0.1) is 0 Å². The number of nitrogens with two attached hydrogens (primary N) is 1. The fourth-order valence-electron chi connectivity index (χ4n) is 3.77. The Balaban J connectivity index is 1.74. The molecule has 1 aliphatic rings. The number of methoxy groups -OCH3 is 1. The summed E-state index contributed by atoms with van der Waals surface area (Å²) in [5.41, 5.74) is 6.81. The number of nitrogens with zero attached hydrogens (tertiary/aromatic N) is 2. The first-order valence-corrected chi connectivity index (χ1v) is 9.58. The van der Waals surface area contributed by atoms with Gasteiger partial charge in [-0.1, -0.05) is 0 Å². The number of rotatable bonds is 5. The summed E-state index contributed by atoms with van der Waals surface area (Å²) in [5, 5.41) is 12.3. The Morgan fingerprint density at radius 3 is 2.84 bits per heavy atom. The van der Waals surface area contributed by atoms with Crippen LogP contribution in [0.4, 0.5) is 21.7 Å². The lowest BCUT2D eigenvalue weighted by molar-refractivity contribution is 0.0695. The van der Waals surface area contributed by atoms with Crippen molar-refractivity contribution >= 4 is 45.2 Å². The van der Waals surface area contributed by atoms with E-state index in [4.69, 9.17) is 10.5 Å². The topological polar surface area (TPSA) is 135 Å². The molecule has 0 aliphatic heterocycles. The summed E-state index contributed by atoms with van der Waals surface area (Å²) in [4.78, 5) is 31.7. The normalized spacial score (nSPS) is 13.6. The van der Waals surface area contributed by atoms with Crippen molar-refractivity contribution in [1.82, 2.24) is 14.5 Å². The number of H-pyrrole nitrogens is 1. The van der Waals surface area contributed by atoms with Crippen molar-refractivity contribution in [2.75, 3.05) is 18.2 Å². The van der Waals surface area contributed by atoms with Gasteiger partial charge in [0, 0.05) is 17.9 Å². The van der Waals surface area contributed by atoms with Gasteiger partial charge < -0.3 is 30.4 Å². The molecular formula is C21H18FN5O4. The summed E-state index contributed by atoms with van der Waals surface area (Å²) < 4.78 is 22.3. The molecule has 1 saturated carbocycles. The number of aromatic amines is 1. The number of fused-ring (bicyclic) bond motifs is 2. The van der Waals surface area contributed by atoms with Crippen LogP contribution in [-0.4, -0.2) is 32.7 Å². The zero-order chi connectivity index (χ0) is 21.9. The number of hydrogen-bond acceptors (Lipinski definition) is 6. The zero-order valence-electron chi connectivity index (χ0n) is 16.4. The Morgan fingerprint density at radius 1 is 1.39 bits per heavy atom. The van der Waals surface area contributed by atoms with Crippen LogP contribution in [0, 0.1) is 5.82 Å². The number of anilines is 3. The summed E-state index contributed by atoms with van der Waals surface area (Å²) in [6, 6.07) is 6.20. The molecule has 0 amide bonds. The molecule has 0 radical (unpaired) electrons. The van der Waals surface area contributed by atoms with Gasteiger partial charge in [0.1, 0.15) is 11.3 Å². The number of carbonyl (C=O) groups is 1. The van der Waals surface area contributed by atoms with Crippen LogP contribution in [0.5, 0.6) is 5.75 Å². The number of nitrogens with one attached hydrogen (secondary N) is 2. The third kappa shape index (κ3) is 3.03. The highest BCUT2D eigenvalue weighted by molar-refractivity contribution is 5.97. The maximum atomic E-state index is 15.1. The van der Waals surface area contributed by atoms with Gasteiger partial charge in [0.25, 0.3) is 0 Å². The molecule has 2 aromatic heterocycles. The van der Waals surface area contributed by atoms with Gasteiger partial charge in [0.15, 0.2) is 11.6 Å². The number of aromatic carboxylic acids is 1. The van der Waals surface area contributed by atoms with Crippen molar-refractivity contribution in [2.45, 2.75) is 18.9 Å². The number of halogens is 1. The molecule has 5 N–H and O–H groups in total. The van der Waals surface area contributed by atoms with Gasteiger partial charge >= 0.3 is 5.97 Å². The van der Waals surface area contributed by atoms with E-state index in [1.54, 1.807) is 22.8 Å². The molecule has 0 atom stereocenters. The number of carboxylic acid groups (broad SMARTS) is 1. The molecule has 2 aromatic carbocycles. The van der Waals surface area contributed by atoms with Crippen molar-refractivity contribution in [3.05, 3.63) is 52.1 Å². The molecule has 31 heavy (non-hydrogen) atoms. The highest BCUT2D eigenvalue weighted by Gasteiger charge is 2.30. The van der Waals surface area contributed by atoms with E-state index in [1.165, 1.54) is 13.3 Å². The van der Waals surface area contributed by atoms with E-state index in [0.29, 0.717) is 22.2 Å². The van der Waals surface area contributed by atoms with Gasteiger partial charge in [0.2, 0.25) is 11.4 Å². The van der Waals surface area contributed by atoms with Crippen LogP contribution < -0.4 is 21.2 Å². The maximum Gasteiger partial charge on any atom is 0.341 e. The van der Waals surface area contributed by atoms with E-state index in [0.717, 1.165) is 18.9 Å². The van der Waals surface area contributed by atoms with Crippen molar-refractivity contribution < 1.29 is 19.0 Å². The number of carboxylic acids is 1. The second-order valence-corrected chi connectivity index (χ2v) is 7.47. The van der Waals surface area contributed by atoms with E-state index >= 15 is 4.39 Å². The van der Waals surface area contributed by atoms with Crippen LogP contribution in [0.15, 0.2) is 35.3 Å². The number of imidazole rings is 1. The van der Waals surface area contributed by atoms with Crippen LogP contribution in [0.1, 0.15) is 29.2 Å². The third-order valence-corrected chi connectivity index (χ3v) is 5.35. The Kier molecular flexibility index (Phi) is 4.10. The average molecular weight is 423 g/mol. The number of nitrogen functional groups attached to an aromatic ring is 1. The Morgan fingerprint density at radius 2 is 2.16 bits per heavy atom. The van der Waals surface area contributed by atoms with Crippen LogP contribution in [0.25, 0.3) is 21.9 Å². The summed E-state index contributed by atoms with van der Waals surface area (Å²) in [5.74, 6) is -1.77. The standard InChI is InChI=1S/C21H18FN5O4/c1-31-19-16(26-21-24-14-5-2-9(23)6-15(14)25-21)13(22)7-11-17(19)27(10-3-4-10)8-12(18(11)28)20(29)30/h2,5-8,10H,3-4,23H2,1H3,(H,29,30)(H2,24,25,26). The predicted molar refractivity (Wildman–Crippen MR) is 114 cm³/mol. The molecule has 0 saturated heterocycles. The van der Waals surface area contributed by atoms with E-state index in [-0.39, 0.29) is 28.8 Å². The fraction of sp³-hybridized carbons (Fsp3) is 0.190. The molecule has 158 valence electrons. The molecule has 1 fully saturated rings. The molecule has 5 rings (SSSR count). The minimum absolute atomic E-state index is 0.0149. The maximum absolute atomic E-state index is 15.1. The third-order valence-electron chi connectivity index (χ3n) is 5.35. The van der Waals surface area contributed by atoms with E-state index in [1.807, 2.05) is 0 Å². The van der Waals surface area contributed by atoms with Crippen molar-refractivity contribution in [3.8, 4) is 5.75 Å². The Bertz CT molecular complexity index is 1440. The zero-order valence-corrected chi connectivity index (χ0v) is 16.4. The number of pyridine rings is 1. The van der Waals surface area contributed by atoms with Gasteiger partial charge in [-0.05, 0) is 37.1 Å². The van der Waals surface area contributed by atoms with Gasteiger partial charge in [-0.3, -0.25) is 4.79 Å². The van der Waals surface area contributed by atoms with E-state index in [9.17, 15) is 14.7 Å². The first kappa shape index (κ1) is 18.9. The minimum Gasteiger partial charge on any atom is -0.492 e.